The van der Waals surface area contributed by atoms with Gasteiger partial charge in [-0.25, -0.2) is 4.68 Å². The SMILES string of the molecule is CCNC(=NCC(C)c1cccs1)NCCCc1nn(-c2ccccc2)c(N)c1C#N. The van der Waals surface area contributed by atoms with Crippen LogP contribution < -0.4 is 16.4 Å². The first kappa shape index (κ1) is 22.4. The van der Waals surface area contributed by atoms with Gasteiger partial charge >= 0.3 is 0 Å². The van der Waals surface area contributed by atoms with Crippen molar-refractivity contribution >= 4 is 23.1 Å². The van der Waals surface area contributed by atoms with E-state index >= 15 is 0 Å². The van der Waals surface area contributed by atoms with Crippen LogP contribution in [-0.2, 0) is 6.42 Å². The summed E-state index contributed by atoms with van der Waals surface area (Å²) in [5, 5.41) is 22.9. The van der Waals surface area contributed by atoms with Crippen LogP contribution in [-0.4, -0.2) is 35.4 Å². The average Bonchev–Trinajstić information content (AvgIpc) is 3.43. The molecule has 162 valence electrons. The van der Waals surface area contributed by atoms with Crippen LogP contribution in [0.2, 0.25) is 0 Å². The highest BCUT2D eigenvalue weighted by molar-refractivity contribution is 7.10. The number of nitriles is 1. The number of aromatic nitrogens is 2. The Morgan fingerprint density at radius 1 is 1.26 bits per heavy atom. The second kappa shape index (κ2) is 11.2. The molecule has 0 radical (unpaired) electrons. The molecule has 8 heteroatoms. The molecule has 0 aliphatic rings. The highest BCUT2D eigenvalue weighted by Gasteiger charge is 2.16. The fourth-order valence-electron chi connectivity index (χ4n) is 3.24. The van der Waals surface area contributed by atoms with E-state index in [0.29, 0.717) is 23.7 Å². The quantitative estimate of drug-likeness (QED) is 0.270. The molecule has 1 aromatic carbocycles. The summed E-state index contributed by atoms with van der Waals surface area (Å²) in [5.74, 6) is 1.58. The number of nitrogens with zero attached hydrogens (tertiary/aromatic N) is 4. The molecule has 3 rings (SSSR count). The fourth-order valence-corrected chi connectivity index (χ4v) is 4.01. The third-order valence-electron chi connectivity index (χ3n) is 4.89. The van der Waals surface area contributed by atoms with Crippen LogP contribution >= 0.6 is 11.3 Å². The number of aliphatic imine (C=N–C) groups is 1. The molecular weight excluding hydrogens is 406 g/mol. The lowest BCUT2D eigenvalue weighted by Gasteiger charge is -2.12. The normalized spacial score (nSPS) is 12.4. The largest absolute Gasteiger partial charge is 0.382 e. The molecule has 31 heavy (non-hydrogen) atoms. The lowest BCUT2D eigenvalue weighted by molar-refractivity contribution is 0.714. The number of para-hydroxylation sites is 1. The number of thiophene rings is 1. The second-order valence-corrected chi connectivity index (χ2v) is 8.21. The van der Waals surface area contributed by atoms with Crippen molar-refractivity contribution in [1.29, 1.82) is 5.26 Å². The third-order valence-corrected chi connectivity index (χ3v) is 5.99. The van der Waals surface area contributed by atoms with Crippen LogP contribution in [0.25, 0.3) is 5.69 Å². The molecule has 0 bridgehead atoms. The van der Waals surface area contributed by atoms with Crippen LogP contribution in [0.4, 0.5) is 5.82 Å². The van der Waals surface area contributed by atoms with E-state index in [2.05, 4.69) is 53.2 Å². The number of anilines is 1. The van der Waals surface area contributed by atoms with E-state index in [4.69, 9.17) is 10.7 Å². The zero-order chi connectivity index (χ0) is 22.1. The maximum atomic E-state index is 9.55. The van der Waals surface area contributed by atoms with Gasteiger partial charge in [-0.15, -0.1) is 11.3 Å². The van der Waals surface area contributed by atoms with E-state index in [1.807, 2.05) is 30.3 Å². The molecule has 0 fully saturated rings. The maximum Gasteiger partial charge on any atom is 0.191 e. The second-order valence-electron chi connectivity index (χ2n) is 7.23. The van der Waals surface area contributed by atoms with Crippen molar-refractivity contribution in [3.8, 4) is 11.8 Å². The zero-order valence-corrected chi connectivity index (χ0v) is 18.8. The number of hydrogen-bond acceptors (Lipinski definition) is 5. The van der Waals surface area contributed by atoms with Gasteiger partial charge in [0, 0.05) is 23.9 Å². The Bertz CT molecular complexity index is 1020. The number of benzene rings is 1. The average molecular weight is 436 g/mol. The van der Waals surface area contributed by atoms with E-state index in [-0.39, 0.29) is 0 Å². The smallest absolute Gasteiger partial charge is 0.191 e. The number of rotatable bonds is 9. The summed E-state index contributed by atoms with van der Waals surface area (Å²) in [6.45, 7) is 6.50. The number of hydrogen-bond donors (Lipinski definition) is 3. The molecule has 0 saturated carbocycles. The van der Waals surface area contributed by atoms with E-state index in [1.54, 1.807) is 16.0 Å². The van der Waals surface area contributed by atoms with Crippen LogP contribution in [0.5, 0.6) is 0 Å². The molecule has 1 atom stereocenters. The summed E-state index contributed by atoms with van der Waals surface area (Å²) in [6.07, 6.45) is 1.47. The summed E-state index contributed by atoms with van der Waals surface area (Å²) < 4.78 is 1.64. The Morgan fingerprint density at radius 3 is 2.74 bits per heavy atom. The number of nitrogens with one attached hydrogen (secondary N) is 2. The highest BCUT2D eigenvalue weighted by Crippen LogP contribution is 2.22. The Hall–Kier alpha value is -3.31. The monoisotopic (exact) mass is 435 g/mol. The molecule has 0 aliphatic heterocycles. The molecule has 4 N–H and O–H groups in total. The van der Waals surface area contributed by atoms with Crippen LogP contribution in [0, 0.1) is 11.3 Å². The van der Waals surface area contributed by atoms with E-state index < -0.39 is 0 Å². The third kappa shape index (κ3) is 5.86. The first-order valence-electron chi connectivity index (χ1n) is 10.5. The van der Waals surface area contributed by atoms with Crippen molar-refractivity contribution in [3.05, 3.63) is 64.0 Å². The molecule has 3 aromatic rings. The minimum Gasteiger partial charge on any atom is -0.382 e. The summed E-state index contributed by atoms with van der Waals surface area (Å²) in [7, 11) is 0. The number of nitrogens with two attached hydrogens (primary N) is 1. The Morgan fingerprint density at radius 2 is 2.06 bits per heavy atom. The van der Waals surface area contributed by atoms with Crippen LogP contribution in [0.3, 0.4) is 0 Å². The van der Waals surface area contributed by atoms with Gasteiger partial charge in [0.05, 0.1) is 17.9 Å². The van der Waals surface area contributed by atoms with Gasteiger partial charge in [-0.2, -0.15) is 10.4 Å². The first-order valence-corrected chi connectivity index (χ1v) is 11.4. The number of guanidine groups is 1. The molecule has 0 spiro atoms. The van der Waals surface area contributed by atoms with Gasteiger partial charge in [0.15, 0.2) is 5.96 Å². The molecule has 0 aliphatic carbocycles. The first-order chi connectivity index (χ1) is 15.1. The van der Waals surface area contributed by atoms with Gasteiger partial charge in [-0.05, 0) is 43.3 Å². The molecule has 7 nitrogen and oxygen atoms in total. The van der Waals surface area contributed by atoms with Crippen molar-refractivity contribution in [1.82, 2.24) is 20.4 Å². The standard InChI is InChI=1S/C23H29N7S/c1-3-26-23(28-16-17(2)21-12-8-14-31-21)27-13-7-11-20-19(15-24)22(25)30(29-20)18-9-5-4-6-10-18/h4-6,8-10,12,14,17H,3,7,11,13,16,25H2,1-2H3,(H2,26,27,28). The Balaban J connectivity index is 1.57. The number of nitrogen functional groups attached to an aromatic ring is 1. The lowest BCUT2D eigenvalue weighted by atomic mass is 10.1. The molecule has 2 heterocycles. The predicted octanol–water partition coefficient (Wildman–Crippen LogP) is 3.68. The Kier molecular flexibility index (Phi) is 8.07. The fraction of sp³-hybridized carbons (Fsp3) is 0.348. The summed E-state index contributed by atoms with van der Waals surface area (Å²) in [6, 6.07) is 16.1. The van der Waals surface area contributed by atoms with Gasteiger partial charge in [0.2, 0.25) is 0 Å². The number of aryl methyl sites for hydroxylation is 1. The van der Waals surface area contributed by atoms with Crippen molar-refractivity contribution in [2.24, 2.45) is 4.99 Å². The van der Waals surface area contributed by atoms with Gasteiger partial charge < -0.3 is 16.4 Å². The minimum absolute atomic E-state index is 0.383. The van der Waals surface area contributed by atoms with E-state index in [0.717, 1.165) is 43.4 Å². The summed E-state index contributed by atoms with van der Waals surface area (Å²) in [5.41, 5.74) is 8.20. The molecular formula is C23H29N7S. The van der Waals surface area contributed by atoms with Gasteiger partial charge in [0.25, 0.3) is 0 Å². The van der Waals surface area contributed by atoms with Crippen molar-refractivity contribution in [2.45, 2.75) is 32.6 Å². The zero-order valence-electron chi connectivity index (χ0n) is 18.0. The molecule has 2 aromatic heterocycles. The van der Waals surface area contributed by atoms with Crippen LogP contribution in [0.15, 0.2) is 52.8 Å². The highest BCUT2D eigenvalue weighted by atomic mass is 32.1. The molecule has 0 amide bonds. The van der Waals surface area contributed by atoms with E-state index in [9.17, 15) is 5.26 Å². The summed E-state index contributed by atoms with van der Waals surface area (Å²) in [4.78, 5) is 6.06. The van der Waals surface area contributed by atoms with Gasteiger partial charge in [-0.1, -0.05) is 31.2 Å². The molecule has 1 unspecified atom stereocenters. The Labute approximate surface area is 187 Å². The van der Waals surface area contributed by atoms with Gasteiger partial charge in [-0.3, -0.25) is 4.99 Å². The van der Waals surface area contributed by atoms with Crippen molar-refractivity contribution in [3.63, 3.8) is 0 Å². The van der Waals surface area contributed by atoms with Gasteiger partial charge in [0.1, 0.15) is 17.5 Å². The van der Waals surface area contributed by atoms with Crippen LogP contribution in [0.1, 0.15) is 42.3 Å². The predicted molar refractivity (Wildman–Crippen MR) is 128 cm³/mol. The minimum atomic E-state index is 0.383. The lowest BCUT2D eigenvalue weighted by Crippen LogP contribution is -2.38. The maximum absolute atomic E-state index is 9.55. The van der Waals surface area contributed by atoms with E-state index in [1.165, 1.54) is 4.88 Å². The van der Waals surface area contributed by atoms with Crippen molar-refractivity contribution < 1.29 is 0 Å². The van der Waals surface area contributed by atoms with Crippen molar-refractivity contribution in [2.75, 3.05) is 25.4 Å². The topological polar surface area (TPSA) is 104 Å². The summed E-state index contributed by atoms with van der Waals surface area (Å²) >= 11 is 1.76. The molecule has 0 saturated heterocycles.